The minimum absolute atomic E-state index is 0.307. The average molecular weight is 237 g/mol. The van der Waals surface area contributed by atoms with E-state index in [1.54, 1.807) is 0 Å². The summed E-state index contributed by atoms with van der Waals surface area (Å²) in [7, 11) is 0. The molecule has 1 unspecified atom stereocenters. The average Bonchev–Trinajstić information content (AvgIpc) is 2.52. The van der Waals surface area contributed by atoms with Gasteiger partial charge in [-0.1, -0.05) is 39.5 Å². The van der Waals surface area contributed by atoms with Crippen LogP contribution in [-0.2, 0) is 4.79 Å². The number of rotatable bonds is 2. The van der Waals surface area contributed by atoms with Crippen molar-refractivity contribution in [2.45, 2.75) is 77.7 Å². The molecule has 2 nitrogen and oxygen atoms in total. The molecule has 0 aromatic carbocycles. The van der Waals surface area contributed by atoms with Gasteiger partial charge in [-0.3, -0.25) is 4.79 Å². The summed E-state index contributed by atoms with van der Waals surface area (Å²) >= 11 is 0. The molecule has 0 aromatic heterocycles. The number of carbonyl (C=O) groups excluding carboxylic acids is 1. The molecule has 0 spiro atoms. The van der Waals surface area contributed by atoms with Gasteiger partial charge in [-0.2, -0.15) is 0 Å². The lowest BCUT2D eigenvalue weighted by molar-refractivity contribution is -0.126. The van der Waals surface area contributed by atoms with Crippen LogP contribution >= 0.6 is 0 Å². The molecule has 2 aliphatic carbocycles. The zero-order valence-electron chi connectivity index (χ0n) is 11.4. The first kappa shape index (κ1) is 12.9. The van der Waals surface area contributed by atoms with Gasteiger partial charge in [0.05, 0.1) is 0 Å². The van der Waals surface area contributed by atoms with Crippen molar-refractivity contribution in [3.05, 3.63) is 0 Å². The molecule has 2 heteroatoms. The predicted octanol–water partition coefficient (Wildman–Crippen LogP) is 3.65. The Morgan fingerprint density at radius 2 is 1.71 bits per heavy atom. The van der Waals surface area contributed by atoms with Gasteiger partial charge in [0.2, 0.25) is 5.91 Å². The van der Waals surface area contributed by atoms with Crippen molar-refractivity contribution >= 4 is 5.91 Å². The molecule has 1 amide bonds. The minimum Gasteiger partial charge on any atom is -0.353 e. The van der Waals surface area contributed by atoms with Gasteiger partial charge >= 0.3 is 0 Å². The van der Waals surface area contributed by atoms with Crippen molar-refractivity contribution in [3.63, 3.8) is 0 Å². The number of carbonyl (C=O) groups is 1. The maximum absolute atomic E-state index is 12.2. The zero-order valence-corrected chi connectivity index (χ0v) is 11.4. The standard InChI is InChI=1S/C15H27NO/c1-15(2)10-9-13(11-15)16-14(17)12-7-5-3-4-6-8-12/h12-13H,3-11H2,1-2H3,(H,16,17). The predicted molar refractivity (Wildman–Crippen MR) is 70.8 cm³/mol. The summed E-state index contributed by atoms with van der Waals surface area (Å²) in [6.07, 6.45) is 10.9. The molecule has 0 heterocycles. The molecular formula is C15H27NO. The number of nitrogens with one attached hydrogen (secondary N) is 1. The van der Waals surface area contributed by atoms with Gasteiger partial charge in [-0.05, 0) is 37.5 Å². The topological polar surface area (TPSA) is 29.1 Å². The van der Waals surface area contributed by atoms with E-state index in [4.69, 9.17) is 0 Å². The molecule has 1 atom stereocenters. The van der Waals surface area contributed by atoms with Gasteiger partial charge < -0.3 is 5.32 Å². The summed E-state index contributed by atoms with van der Waals surface area (Å²) in [6, 6.07) is 0.445. The first-order valence-electron chi connectivity index (χ1n) is 7.37. The molecule has 2 saturated carbocycles. The Morgan fingerprint density at radius 1 is 1.06 bits per heavy atom. The molecule has 0 saturated heterocycles. The molecule has 98 valence electrons. The van der Waals surface area contributed by atoms with Gasteiger partial charge in [0.25, 0.3) is 0 Å². The van der Waals surface area contributed by atoms with Crippen LogP contribution in [0.15, 0.2) is 0 Å². The summed E-state index contributed by atoms with van der Waals surface area (Å²) in [6.45, 7) is 4.62. The molecule has 0 aliphatic heterocycles. The third kappa shape index (κ3) is 3.72. The number of amides is 1. The van der Waals surface area contributed by atoms with E-state index in [2.05, 4.69) is 19.2 Å². The molecule has 2 aliphatic rings. The SMILES string of the molecule is CC1(C)CCC(NC(=O)C2CCCCCC2)C1. The molecule has 0 radical (unpaired) electrons. The van der Waals surface area contributed by atoms with Crippen LogP contribution in [0, 0.1) is 11.3 Å². The second-order valence-electron chi connectivity index (χ2n) is 6.80. The van der Waals surface area contributed by atoms with Gasteiger partial charge in [0.15, 0.2) is 0 Å². The Kier molecular flexibility index (Phi) is 4.11. The fraction of sp³-hybridized carbons (Fsp3) is 0.933. The van der Waals surface area contributed by atoms with Crippen molar-refractivity contribution in [2.75, 3.05) is 0 Å². The summed E-state index contributed by atoms with van der Waals surface area (Å²) in [5.41, 5.74) is 0.432. The largest absolute Gasteiger partial charge is 0.353 e. The van der Waals surface area contributed by atoms with E-state index in [1.807, 2.05) is 0 Å². The first-order chi connectivity index (χ1) is 8.07. The maximum Gasteiger partial charge on any atom is 0.223 e. The lowest BCUT2D eigenvalue weighted by Crippen LogP contribution is -2.37. The second-order valence-corrected chi connectivity index (χ2v) is 6.80. The van der Waals surface area contributed by atoms with Crippen LogP contribution in [0.1, 0.15) is 71.6 Å². The van der Waals surface area contributed by atoms with Gasteiger partial charge in [0, 0.05) is 12.0 Å². The fourth-order valence-electron chi connectivity index (χ4n) is 3.42. The van der Waals surface area contributed by atoms with E-state index in [0.29, 0.717) is 23.3 Å². The number of hydrogen-bond acceptors (Lipinski definition) is 1. The van der Waals surface area contributed by atoms with E-state index in [-0.39, 0.29) is 0 Å². The van der Waals surface area contributed by atoms with Crippen LogP contribution in [0.25, 0.3) is 0 Å². The third-order valence-corrected chi connectivity index (χ3v) is 4.54. The van der Waals surface area contributed by atoms with Crippen molar-refractivity contribution in [3.8, 4) is 0 Å². The van der Waals surface area contributed by atoms with Gasteiger partial charge in [-0.15, -0.1) is 0 Å². The van der Waals surface area contributed by atoms with Crippen LogP contribution in [0.3, 0.4) is 0 Å². The van der Waals surface area contributed by atoms with E-state index in [1.165, 1.54) is 38.5 Å². The maximum atomic E-state index is 12.2. The molecule has 0 bridgehead atoms. The zero-order chi connectivity index (χ0) is 12.3. The van der Waals surface area contributed by atoms with E-state index in [0.717, 1.165) is 19.3 Å². The van der Waals surface area contributed by atoms with Crippen molar-refractivity contribution < 1.29 is 4.79 Å². The summed E-state index contributed by atoms with van der Waals surface area (Å²) in [4.78, 5) is 12.2. The smallest absolute Gasteiger partial charge is 0.223 e. The monoisotopic (exact) mass is 237 g/mol. The number of hydrogen-bond donors (Lipinski definition) is 1. The quantitative estimate of drug-likeness (QED) is 0.730. The van der Waals surface area contributed by atoms with Crippen molar-refractivity contribution in [2.24, 2.45) is 11.3 Å². The highest BCUT2D eigenvalue weighted by Gasteiger charge is 2.32. The van der Waals surface area contributed by atoms with Crippen LogP contribution in [0.4, 0.5) is 0 Å². The molecule has 1 N–H and O–H groups in total. The molecule has 17 heavy (non-hydrogen) atoms. The normalized spacial score (nSPS) is 29.9. The molecule has 0 aromatic rings. The van der Waals surface area contributed by atoms with Crippen LogP contribution < -0.4 is 5.32 Å². The Balaban J connectivity index is 1.80. The summed E-state index contributed by atoms with van der Waals surface area (Å²) in [5, 5.41) is 3.29. The van der Waals surface area contributed by atoms with E-state index >= 15 is 0 Å². The Hall–Kier alpha value is -0.530. The summed E-state index contributed by atoms with van der Waals surface area (Å²) < 4.78 is 0. The fourth-order valence-corrected chi connectivity index (χ4v) is 3.42. The highest BCUT2D eigenvalue weighted by Crippen LogP contribution is 2.37. The first-order valence-corrected chi connectivity index (χ1v) is 7.37. The van der Waals surface area contributed by atoms with Crippen LogP contribution in [0.2, 0.25) is 0 Å². The van der Waals surface area contributed by atoms with Gasteiger partial charge in [0.1, 0.15) is 0 Å². The highest BCUT2D eigenvalue weighted by atomic mass is 16.1. The van der Waals surface area contributed by atoms with Crippen molar-refractivity contribution in [1.82, 2.24) is 5.32 Å². The third-order valence-electron chi connectivity index (χ3n) is 4.54. The van der Waals surface area contributed by atoms with Gasteiger partial charge in [-0.25, -0.2) is 0 Å². The highest BCUT2D eigenvalue weighted by molar-refractivity contribution is 5.79. The Labute approximate surface area is 106 Å². The lowest BCUT2D eigenvalue weighted by atomic mass is 9.91. The van der Waals surface area contributed by atoms with Crippen molar-refractivity contribution in [1.29, 1.82) is 0 Å². The molecule has 2 fully saturated rings. The second kappa shape index (κ2) is 5.41. The summed E-state index contributed by atoms with van der Waals surface area (Å²) in [5.74, 6) is 0.649. The molecule has 2 rings (SSSR count). The van der Waals surface area contributed by atoms with Crippen LogP contribution in [0.5, 0.6) is 0 Å². The Bertz CT molecular complexity index is 264. The van der Waals surface area contributed by atoms with E-state index < -0.39 is 0 Å². The Morgan fingerprint density at radius 3 is 2.24 bits per heavy atom. The van der Waals surface area contributed by atoms with E-state index in [9.17, 15) is 4.79 Å². The van der Waals surface area contributed by atoms with Crippen LogP contribution in [-0.4, -0.2) is 11.9 Å². The lowest BCUT2D eigenvalue weighted by Gasteiger charge is -2.20. The minimum atomic E-state index is 0.307. The molecular weight excluding hydrogens is 210 g/mol.